The van der Waals surface area contributed by atoms with Gasteiger partial charge >= 0.3 is 0 Å². The molecule has 0 spiro atoms. The summed E-state index contributed by atoms with van der Waals surface area (Å²) in [5.74, 6) is 6.65. The van der Waals surface area contributed by atoms with Crippen LogP contribution < -0.4 is 16.0 Å². The Bertz CT molecular complexity index is 1790. The van der Waals surface area contributed by atoms with Gasteiger partial charge in [-0.1, -0.05) is 101 Å². The first-order valence-electron chi connectivity index (χ1n) is 27.9. The number of hydrogen-bond acceptors (Lipinski definition) is 6. The van der Waals surface area contributed by atoms with Gasteiger partial charge in [-0.15, -0.1) is 11.8 Å². The molecule has 8 aliphatic carbocycles. The van der Waals surface area contributed by atoms with Gasteiger partial charge in [0, 0.05) is 53.0 Å². The van der Waals surface area contributed by atoms with Crippen molar-refractivity contribution in [1.82, 2.24) is 25.8 Å². The topological polar surface area (TPSA) is 42.6 Å². The summed E-state index contributed by atoms with van der Waals surface area (Å²) in [7, 11) is 0. The second-order valence-electron chi connectivity index (χ2n) is 24.3. The van der Waals surface area contributed by atoms with Gasteiger partial charge in [0.1, 0.15) is 0 Å². The Kier molecular flexibility index (Phi) is 12.3. The summed E-state index contributed by atoms with van der Waals surface area (Å²) in [5.41, 5.74) is 4.09. The van der Waals surface area contributed by atoms with Crippen LogP contribution in [-0.4, -0.2) is 63.8 Å². The largest absolute Gasteiger partial charge is 0.368 e. The molecule has 3 saturated heterocycles. The van der Waals surface area contributed by atoms with E-state index in [9.17, 15) is 0 Å². The van der Waals surface area contributed by atoms with E-state index in [1.807, 2.05) is 11.3 Å². The summed E-state index contributed by atoms with van der Waals surface area (Å²) in [4.78, 5) is 8.40. The predicted octanol–water partition coefficient (Wildman–Crippen LogP) is 12.6. The van der Waals surface area contributed by atoms with Crippen LogP contribution in [0.1, 0.15) is 181 Å². The van der Waals surface area contributed by atoms with Gasteiger partial charge < -0.3 is 4.90 Å². The fraction of sp³-hybridized carbons (Fsp3) is 0.825. The fourth-order valence-electron chi connectivity index (χ4n) is 18.6. The van der Waals surface area contributed by atoms with E-state index in [2.05, 4.69) is 101 Å². The summed E-state index contributed by atoms with van der Waals surface area (Å²) in [6.07, 6.45) is 53.8. The molecule has 18 unspecified atom stereocenters. The number of nitrogens with zero attached hydrogens (tertiary/aromatic N) is 2. The molecular weight excluding hydrogens is 787 g/mol. The van der Waals surface area contributed by atoms with Crippen molar-refractivity contribution in [1.29, 1.82) is 0 Å². The molecule has 3 N–H and O–H groups in total. The molecule has 12 rings (SSSR count). The summed E-state index contributed by atoms with van der Waals surface area (Å²) < 4.78 is 0. The van der Waals surface area contributed by atoms with E-state index in [0.717, 1.165) is 46.9 Å². The van der Waals surface area contributed by atoms with Crippen LogP contribution in [0.4, 0.5) is 0 Å². The highest BCUT2D eigenvalue weighted by Crippen LogP contribution is 2.60. The van der Waals surface area contributed by atoms with Crippen LogP contribution >= 0.6 is 11.8 Å². The first-order chi connectivity index (χ1) is 31.0. The molecule has 0 amide bonds. The summed E-state index contributed by atoms with van der Waals surface area (Å²) in [6, 6.07) is 3.60. The predicted molar refractivity (Wildman–Crippen MR) is 264 cm³/mol. The van der Waals surface area contributed by atoms with Crippen LogP contribution in [-0.2, 0) is 0 Å². The van der Waals surface area contributed by atoms with E-state index in [1.54, 1.807) is 4.91 Å². The Labute approximate surface area is 388 Å². The van der Waals surface area contributed by atoms with Gasteiger partial charge in [0.15, 0.2) is 0 Å². The lowest BCUT2D eigenvalue weighted by Crippen LogP contribution is -2.75. The normalized spacial score (nSPS) is 48.5. The van der Waals surface area contributed by atoms with Gasteiger partial charge in [-0.25, -0.2) is 0 Å². The number of rotatable bonds is 6. The van der Waals surface area contributed by atoms with Gasteiger partial charge in [0.05, 0.1) is 18.5 Å². The van der Waals surface area contributed by atoms with Crippen LogP contribution in [0.3, 0.4) is 0 Å². The highest BCUT2D eigenvalue weighted by molar-refractivity contribution is 8.04. The van der Waals surface area contributed by atoms with Crippen molar-refractivity contribution >= 4 is 11.8 Å². The van der Waals surface area contributed by atoms with E-state index >= 15 is 0 Å². The van der Waals surface area contributed by atoms with Crippen molar-refractivity contribution in [3.05, 3.63) is 58.7 Å². The molecule has 6 heteroatoms. The molecule has 0 aromatic heterocycles. The molecule has 4 heterocycles. The summed E-state index contributed by atoms with van der Waals surface area (Å²) in [5, 5.41) is 14.5. The Balaban J connectivity index is 0.962. The zero-order valence-electron chi connectivity index (χ0n) is 39.9. The van der Waals surface area contributed by atoms with Crippen molar-refractivity contribution < 1.29 is 0 Å². The average molecular weight is 874 g/mol. The van der Waals surface area contributed by atoms with E-state index in [-0.39, 0.29) is 0 Å². The minimum atomic E-state index is 0.319. The number of fused-ring (bicyclic) bond motifs is 7. The minimum Gasteiger partial charge on any atom is -0.368 e. The first-order valence-corrected chi connectivity index (χ1v) is 28.7. The van der Waals surface area contributed by atoms with Crippen molar-refractivity contribution in [3.8, 4) is 0 Å². The molecule has 0 aromatic rings. The lowest BCUT2D eigenvalue weighted by Gasteiger charge is -2.62. The number of thioether (sulfide) groups is 1. The molecule has 0 bridgehead atoms. The van der Waals surface area contributed by atoms with Crippen molar-refractivity contribution in [3.63, 3.8) is 0 Å². The first kappa shape index (κ1) is 43.0. The molecule has 0 radical (unpaired) electrons. The Morgan fingerprint density at radius 1 is 0.651 bits per heavy atom. The van der Waals surface area contributed by atoms with Crippen molar-refractivity contribution in [2.24, 2.45) is 58.7 Å². The van der Waals surface area contributed by atoms with Gasteiger partial charge in [0.25, 0.3) is 0 Å². The van der Waals surface area contributed by atoms with E-state index in [4.69, 9.17) is 0 Å². The maximum absolute atomic E-state index is 4.66. The number of hydrogen-bond donors (Lipinski definition) is 3. The third-order valence-electron chi connectivity index (χ3n) is 21.1. The monoisotopic (exact) mass is 874 g/mol. The van der Waals surface area contributed by atoms with E-state index in [0.29, 0.717) is 65.7 Å². The second kappa shape index (κ2) is 18.0. The van der Waals surface area contributed by atoms with Gasteiger partial charge in [-0.3, -0.25) is 20.9 Å². The summed E-state index contributed by atoms with van der Waals surface area (Å²) >= 11 is 2.28. The smallest absolute Gasteiger partial charge is 0.0660 e. The standard InChI is InChI=1S/C57H87N5S/c1-4-19-37-34-42(56-59-54(36-20-6-5-7-21-36)58-55(60-56)41-25-18-33-52-53(41)40-24-10-17-32-51(40)63-52)50(35-49(37)61-45-28-13-8-22-38(45)39-23-9-14-29-46(39)61)62-47-30-15-11-26-43(47)57(2,3)44-27-12-16-31-48(44)62/h4,6,10,17,19-20,32,36-43,45-47,49-50,52-56,58-60H,5,7-9,11-16,18,21-31,33-35H2,1-3H3/b19-4+. The molecule has 12 aliphatic rings. The molecule has 5 saturated carbocycles. The Hall–Kier alpha value is -1.31. The van der Waals surface area contributed by atoms with Crippen LogP contribution in [0, 0.1) is 58.7 Å². The van der Waals surface area contributed by atoms with Crippen LogP contribution in [0.15, 0.2) is 58.7 Å². The SMILES string of the molecule is C/C=C/C1CC(C2NC(C3C=CCCC3)NC(C3CCCC4SC5=CC=CCC5C43)N2)C(N2C3=C(CCCC3)C(C)(C)C3CCCCC32)CC1N1C2CCCCC2C2CCCCC21. The fourth-order valence-corrected chi connectivity index (χ4v) is 20.4. The summed E-state index contributed by atoms with van der Waals surface area (Å²) in [6.45, 7) is 7.77. The van der Waals surface area contributed by atoms with Crippen LogP contribution in [0.2, 0.25) is 0 Å². The van der Waals surface area contributed by atoms with Gasteiger partial charge in [-0.05, 0) is 180 Å². The molecule has 346 valence electrons. The van der Waals surface area contributed by atoms with Crippen molar-refractivity contribution in [2.75, 3.05) is 0 Å². The second-order valence-corrected chi connectivity index (χ2v) is 25.6. The quantitative estimate of drug-likeness (QED) is 0.231. The highest BCUT2D eigenvalue weighted by atomic mass is 32.2. The molecule has 63 heavy (non-hydrogen) atoms. The van der Waals surface area contributed by atoms with Crippen LogP contribution in [0.25, 0.3) is 0 Å². The number of likely N-dealkylation sites (tertiary alicyclic amines) is 1. The highest BCUT2D eigenvalue weighted by Gasteiger charge is 2.59. The lowest BCUT2D eigenvalue weighted by atomic mass is 9.58. The number of allylic oxidation sites excluding steroid dienone is 8. The third-order valence-corrected chi connectivity index (χ3v) is 22.7. The lowest BCUT2D eigenvalue weighted by molar-refractivity contribution is -0.0668. The van der Waals surface area contributed by atoms with Gasteiger partial charge in [0.2, 0.25) is 0 Å². The van der Waals surface area contributed by atoms with Gasteiger partial charge in [-0.2, -0.15) is 0 Å². The van der Waals surface area contributed by atoms with E-state index in [1.165, 1.54) is 161 Å². The Morgan fingerprint density at radius 2 is 1.37 bits per heavy atom. The van der Waals surface area contributed by atoms with Crippen LogP contribution in [0.5, 0.6) is 0 Å². The maximum Gasteiger partial charge on any atom is 0.0660 e. The molecule has 8 fully saturated rings. The molecular formula is C57H87N5S. The zero-order chi connectivity index (χ0) is 42.2. The third kappa shape index (κ3) is 7.52. The molecule has 5 nitrogen and oxygen atoms in total. The van der Waals surface area contributed by atoms with Crippen molar-refractivity contribution in [2.45, 2.75) is 235 Å². The minimum absolute atomic E-state index is 0.319. The Morgan fingerprint density at radius 3 is 2.14 bits per heavy atom. The molecule has 0 aromatic carbocycles. The van der Waals surface area contributed by atoms with E-state index < -0.39 is 0 Å². The molecule has 4 aliphatic heterocycles. The molecule has 18 atom stereocenters. The zero-order valence-corrected chi connectivity index (χ0v) is 40.7. The average Bonchev–Trinajstić information content (AvgIpc) is 3.88. The maximum atomic E-state index is 4.66. The number of nitrogens with one attached hydrogen (secondary N) is 3.